The number of rotatable bonds is 6. The van der Waals surface area contributed by atoms with Crippen molar-refractivity contribution in [2.45, 2.75) is 20.4 Å². The second-order valence-electron chi connectivity index (χ2n) is 6.58. The van der Waals surface area contributed by atoms with Crippen LogP contribution in [0.15, 0.2) is 75.5 Å². The highest BCUT2D eigenvalue weighted by atomic mass is 35.5. The molecule has 0 aliphatic carbocycles. The zero-order valence-corrected chi connectivity index (χ0v) is 19.8. The van der Waals surface area contributed by atoms with Crippen molar-refractivity contribution < 1.29 is 13.3 Å². The monoisotopic (exact) mass is 527 g/mol. The molecule has 2 aromatic heterocycles. The number of hydrogen-bond acceptors (Lipinski definition) is 6. The molecule has 0 amide bonds. The zero-order valence-electron chi connectivity index (χ0n) is 15.9. The summed E-state index contributed by atoms with van der Waals surface area (Å²) in [6.45, 7) is 0. The Kier molecular flexibility index (Phi) is 6.37. The fourth-order valence-electron chi connectivity index (χ4n) is 3.06. The SMILES string of the molecule is O=[N+]([O-])c1c(CS(=O)(=O)c2ccccc2)nc2c(Sc3cccc(Cl)c3Cl)cc(Cl)cn12. The molecule has 0 fully saturated rings. The Morgan fingerprint density at radius 1 is 1.03 bits per heavy atom. The van der Waals surface area contributed by atoms with Gasteiger partial charge in [-0.25, -0.2) is 13.4 Å². The largest absolute Gasteiger partial charge is 0.358 e. The summed E-state index contributed by atoms with van der Waals surface area (Å²) in [5, 5.41) is 12.7. The van der Waals surface area contributed by atoms with Crippen molar-refractivity contribution in [3.8, 4) is 0 Å². The van der Waals surface area contributed by atoms with Crippen LogP contribution in [0.1, 0.15) is 5.69 Å². The van der Waals surface area contributed by atoms with Gasteiger partial charge in [-0.1, -0.05) is 70.8 Å². The Morgan fingerprint density at radius 2 is 1.75 bits per heavy atom. The molecular formula is C20H12Cl3N3O4S2. The highest BCUT2D eigenvalue weighted by Gasteiger charge is 2.30. The summed E-state index contributed by atoms with van der Waals surface area (Å²) in [6.07, 6.45) is 1.32. The third kappa shape index (κ3) is 4.44. The van der Waals surface area contributed by atoms with Gasteiger partial charge in [0.15, 0.2) is 15.5 Å². The van der Waals surface area contributed by atoms with Gasteiger partial charge < -0.3 is 10.1 Å². The minimum absolute atomic E-state index is 0.0460. The molecule has 12 heteroatoms. The predicted molar refractivity (Wildman–Crippen MR) is 125 cm³/mol. The molecule has 2 aromatic carbocycles. The lowest BCUT2D eigenvalue weighted by Gasteiger charge is -2.06. The number of imidazole rings is 1. The number of halogens is 3. The summed E-state index contributed by atoms with van der Waals surface area (Å²) in [4.78, 5) is 16.6. The molecule has 0 aliphatic rings. The number of aromatic nitrogens is 2. The quantitative estimate of drug-likeness (QED) is 0.214. The average Bonchev–Trinajstić information content (AvgIpc) is 3.09. The smallest absolute Gasteiger partial charge is 0.352 e. The summed E-state index contributed by atoms with van der Waals surface area (Å²) >= 11 is 19.7. The van der Waals surface area contributed by atoms with Crippen LogP contribution in [0, 0.1) is 10.1 Å². The predicted octanol–water partition coefficient (Wildman–Crippen LogP) is 6.33. The molecule has 0 saturated carbocycles. The molecule has 32 heavy (non-hydrogen) atoms. The first-order valence-corrected chi connectivity index (χ1v) is 12.5. The second-order valence-corrected chi connectivity index (χ2v) is 10.9. The number of nitro groups is 1. The molecule has 0 radical (unpaired) electrons. The first-order valence-electron chi connectivity index (χ1n) is 8.92. The molecule has 4 rings (SSSR count). The Morgan fingerprint density at radius 3 is 2.44 bits per heavy atom. The van der Waals surface area contributed by atoms with Crippen LogP contribution in [0.25, 0.3) is 5.65 Å². The van der Waals surface area contributed by atoms with Gasteiger partial charge in [-0.3, -0.25) is 0 Å². The van der Waals surface area contributed by atoms with Gasteiger partial charge >= 0.3 is 5.82 Å². The topological polar surface area (TPSA) is 94.6 Å². The number of hydrogen-bond donors (Lipinski definition) is 0. The third-order valence-corrected chi connectivity index (χ3v) is 8.30. The van der Waals surface area contributed by atoms with Gasteiger partial charge in [0.05, 0.1) is 24.9 Å². The van der Waals surface area contributed by atoms with Gasteiger partial charge in [0.25, 0.3) is 0 Å². The maximum absolute atomic E-state index is 12.8. The lowest BCUT2D eigenvalue weighted by atomic mass is 10.4. The van der Waals surface area contributed by atoms with Gasteiger partial charge in [-0.15, -0.1) is 0 Å². The molecule has 0 saturated heterocycles. The van der Waals surface area contributed by atoms with Crippen LogP contribution in [0.3, 0.4) is 0 Å². The third-order valence-electron chi connectivity index (χ3n) is 4.44. The highest BCUT2D eigenvalue weighted by molar-refractivity contribution is 7.99. The van der Waals surface area contributed by atoms with Gasteiger partial charge in [0.1, 0.15) is 11.9 Å². The van der Waals surface area contributed by atoms with Crippen LogP contribution in [0.5, 0.6) is 0 Å². The number of sulfone groups is 1. The van der Waals surface area contributed by atoms with Crippen LogP contribution in [0.2, 0.25) is 15.1 Å². The van der Waals surface area contributed by atoms with E-state index in [9.17, 15) is 18.5 Å². The summed E-state index contributed by atoms with van der Waals surface area (Å²) in [5.74, 6) is -1.12. The van der Waals surface area contributed by atoms with Crippen molar-refractivity contribution in [2.24, 2.45) is 0 Å². The number of pyridine rings is 1. The number of nitrogens with zero attached hydrogens (tertiary/aromatic N) is 3. The standard InChI is InChI=1S/C20H12Cl3N3O4S2/c21-12-9-17(31-16-8-4-7-14(22)18(16)23)19-24-15(20(26(27)28)25(19)10-12)11-32(29,30)13-5-2-1-3-6-13/h1-10H,11H2. The summed E-state index contributed by atoms with van der Waals surface area (Å²) in [7, 11) is -3.87. The Labute approximate surface area is 202 Å². The van der Waals surface area contributed by atoms with E-state index >= 15 is 0 Å². The summed E-state index contributed by atoms with van der Waals surface area (Å²) in [5.41, 5.74) is -0.0134. The first kappa shape index (κ1) is 22.9. The van der Waals surface area contributed by atoms with E-state index in [2.05, 4.69) is 4.98 Å². The van der Waals surface area contributed by atoms with Crippen LogP contribution in [-0.4, -0.2) is 22.7 Å². The molecule has 0 spiro atoms. The Hall–Kier alpha value is -2.30. The Balaban J connectivity index is 1.87. The van der Waals surface area contributed by atoms with E-state index in [-0.39, 0.29) is 21.3 Å². The first-order chi connectivity index (χ1) is 15.2. The Bertz CT molecular complexity index is 1460. The maximum atomic E-state index is 12.8. The fraction of sp³-hybridized carbons (Fsp3) is 0.0500. The highest BCUT2D eigenvalue weighted by Crippen LogP contribution is 2.40. The van der Waals surface area contributed by atoms with Gasteiger partial charge in [-0.2, -0.15) is 4.40 Å². The van der Waals surface area contributed by atoms with Crippen molar-refractivity contribution >= 4 is 67.9 Å². The van der Waals surface area contributed by atoms with E-state index in [1.807, 2.05) is 0 Å². The summed E-state index contributed by atoms with van der Waals surface area (Å²) < 4.78 is 26.9. The molecule has 7 nitrogen and oxygen atoms in total. The minimum Gasteiger partial charge on any atom is -0.358 e. The number of benzene rings is 2. The van der Waals surface area contributed by atoms with E-state index in [0.717, 1.165) is 11.8 Å². The number of fused-ring (bicyclic) bond motifs is 1. The van der Waals surface area contributed by atoms with E-state index in [1.165, 1.54) is 22.7 Å². The maximum Gasteiger partial charge on any atom is 0.352 e. The van der Waals surface area contributed by atoms with Gasteiger partial charge in [0.2, 0.25) is 5.65 Å². The fourth-order valence-corrected chi connectivity index (χ4v) is 6.10. The minimum atomic E-state index is -3.87. The van der Waals surface area contributed by atoms with Crippen molar-refractivity contribution in [3.63, 3.8) is 0 Å². The lowest BCUT2D eigenvalue weighted by molar-refractivity contribution is -0.391. The van der Waals surface area contributed by atoms with Crippen molar-refractivity contribution in [1.82, 2.24) is 9.38 Å². The van der Waals surface area contributed by atoms with E-state index in [1.54, 1.807) is 42.5 Å². The van der Waals surface area contributed by atoms with Gasteiger partial charge in [0, 0.05) is 4.90 Å². The van der Waals surface area contributed by atoms with Crippen molar-refractivity contribution in [3.05, 3.63) is 91.7 Å². The average molecular weight is 529 g/mol. The molecule has 0 unspecified atom stereocenters. The molecule has 0 N–H and O–H groups in total. The van der Waals surface area contributed by atoms with Crippen molar-refractivity contribution in [2.75, 3.05) is 0 Å². The molecule has 164 valence electrons. The molecule has 0 bridgehead atoms. The molecule has 0 atom stereocenters. The molecule has 2 heterocycles. The van der Waals surface area contributed by atoms with Crippen LogP contribution < -0.4 is 0 Å². The van der Waals surface area contributed by atoms with E-state index in [0.29, 0.717) is 19.8 Å². The molecule has 4 aromatic rings. The zero-order chi connectivity index (χ0) is 23.0. The van der Waals surface area contributed by atoms with E-state index < -0.39 is 26.3 Å². The summed E-state index contributed by atoms with van der Waals surface area (Å²) in [6, 6.07) is 14.3. The lowest BCUT2D eigenvalue weighted by Crippen LogP contribution is -2.07. The van der Waals surface area contributed by atoms with Crippen molar-refractivity contribution in [1.29, 1.82) is 0 Å². The molecular weight excluding hydrogens is 517 g/mol. The molecule has 0 aliphatic heterocycles. The van der Waals surface area contributed by atoms with Gasteiger partial charge in [-0.05, 0) is 35.3 Å². The van der Waals surface area contributed by atoms with E-state index in [4.69, 9.17) is 34.8 Å². The van der Waals surface area contributed by atoms with Crippen LogP contribution >= 0.6 is 46.6 Å². The van der Waals surface area contributed by atoms with Crippen LogP contribution in [-0.2, 0) is 15.6 Å². The normalized spacial score (nSPS) is 11.7. The second kappa shape index (κ2) is 8.92. The van der Waals surface area contributed by atoms with Crippen LogP contribution in [0.4, 0.5) is 5.82 Å².